The monoisotopic (exact) mass is 476 g/mol. The van der Waals surface area contributed by atoms with Crippen molar-refractivity contribution in [2.75, 3.05) is 6.54 Å². The summed E-state index contributed by atoms with van der Waals surface area (Å²) >= 11 is 0. The lowest BCUT2D eigenvalue weighted by atomic mass is 9.98. The average molecular weight is 477 g/mol. The van der Waals surface area contributed by atoms with Crippen molar-refractivity contribution in [1.82, 2.24) is 10.4 Å². The molecule has 10 heteroatoms. The normalized spacial score (nSPS) is 14.5. The summed E-state index contributed by atoms with van der Waals surface area (Å²) in [6.07, 6.45) is 0.386. The molecular weight excluding hydrogens is 444 g/mol. The molecule has 0 unspecified atom stereocenters. The Morgan fingerprint density at radius 3 is 2.29 bits per heavy atom. The van der Waals surface area contributed by atoms with Gasteiger partial charge >= 0.3 is 18.0 Å². The number of carbonyl (C=O) groups is 5. The number of nitrogens with zero attached hydrogens (tertiary/aromatic N) is 1. The molecule has 1 fully saturated rings. The van der Waals surface area contributed by atoms with Crippen LogP contribution in [0.1, 0.15) is 64.9 Å². The Labute approximate surface area is 198 Å². The Bertz CT molecular complexity index is 863. The van der Waals surface area contributed by atoms with E-state index in [1.54, 1.807) is 32.9 Å². The van der Waals surface area contributed by atoms with Gasteiger partial charge in [-0.1, -0.05) is 36.8 Å². The molecule has 1 atom stereocenters. The first kappa shape index (κ1) is 26.8. The van der Waals surface area contributed by atoms with Gasteiger partial charge in [-0.15, -0.1) is 5.06 Å². The molecule has 10 nitrogen and oxygen atoms in total. The highest BCUT2D eigenvalue weighted by Gasteiger charge is 2.35. The minimum absolute atomic E-state index is 0.0216. The van der Waals surface area contributed by atoms with Crippen LogP contribution in [0.3, 0.4) is 0 Å². The van der Waals surface area contributed by atoms with E-state index >= 15 is 0 Å². The molecule has 2 rings (SSSR count). The molecule has 1 aliphatic heterocycles. The maximum absolute atomic E-state index is 12.7. The van der Waals surface area contributed by atoms with Gasteiger partial charge in [0.15, 0.2) is 0 Å². The summed E-state index contributed by atoms with van der Waals surface area (Å²) in [7, 11) is 0. The quantitative estimate of drug-likeness (QED) is 0.293. The molecule has 0 bridgehead atoms. The first-order valence-corrected chi connectivity index (χ1v) is 11.3. The topological polar surface area (TPSA) is 128 Å². The molecule has 0 aromatic heterocycles. The molecular formula is C24H32N2O8. The number of esters is 1. The Balaban J connectivity index is 1.87. The van der Waals surface area contributed by atoms with Crippen molar-refractivity contribution in [3.63, 3.8) is 0 Å². The standard InChI is InChI=1S/C24H32N2O8/c1-24(2,3)33-23(31)25-14-8-7-11-18(22(30)34-26-19(27)12-13-20(26)28)15-21(29)32-16-17-9-5-4-6-10-17/h4-6,9-10,18H,7-8,11-16H2,1-3H3,(H,25,31)/t18-/m1/s1. The van der Waals surface area contributed by atoms with Gasteiger partial charge in [-0.2, -0.15) is 0 Å². The predicted molar refractivity (Wildman–Crippen MR) is 120 cm³/mol. The van der Waals surface area contributed by atoms with Crippen molar-refractivity contribution in [2.24, 2.45) is 5.92 Å². The second-order valence-electron chi connectivity index (χ2n) is 8.96. The van der Waals surface area contributed by atoms with Crippen LogP contribution in [0.25, 0.3) is 0 Å². The number of hydrogen-bond donors (Lipinski definition) is 1. The fourth-order valence-corrected chi connectivity index (χ4v) is 3.14. The van der Waals surface area contributed by atoms with Gasteiger partial charge in [-0.3, -0.25) is 14.4 Å². The molecule has 1 aromatic rings. The van der Waals surface area contributed by atoms with Gasteiger partial charge in [-0.05, 0) is 39.2 Å². The molecule has 1 aliphatic rings. The summed E-state index contributed by atoms with van der Waals surface area (Å²) in [4.78, 5) is 65.3. The van der Waals surface area contributed by atoms with Crippen LogP contribution < -0.4 is 5.32 Å². The summed E-state index contributed by atoms with van der Waals surface area (Å²) in [5.41, 5.74) is 0.195. The van der Waals surface area contributed by atoms with Crippen molar-refractivity contribution < 1.29 is 38.3 Å². The van der Waals surface area contributed by atoms with Crippen LogP contribution in [0.4, 0.5) is 4.79 Å². The molecule has 3 amide bonds. The predicted octanol–water partition coefficient (Wildman–Crippen LogP) is 3.04. The van der Waals surface area contributed by atoms with Gasteiger partial charge in [-0.25, -0.2) is 9.59 Å². The largest absolute Gasteiger partial charge is 0.461 e. The van der Waals surface area contributed by atoms with E-state index in [-0.39, 0.29) is 32.3 Å². The van der Waals surface area contributed by atoms with Gasteiger partial charge in [0.1, 0.15) is 12.2 Å². The third-order valence-corrected chi connectivity index (χ3v) is 4.82. The first-order valence-electron chi connectivity index (χ1n) is 11.3. The highest BCUT2D eigenvalue weighted by atomic mass is 16.7. The molecule has 0 saturated carbocycles. The van der Waals surface area contributed by atoms with Gasteiger partial charge in [0, 0.05) is 19.4 Å². The van der Waals surface area contributed by atoms with E-state index in [0.717, 1.165) is 5.56 Å². The van der Waals surface area contributed by atoms with Crippen LogP contribution in [0.5, 0.6) is 0 Å². The summed E-state index contributed by atoms with van der Waals surface area (Å²) in [6.45, 7) is 5.66. The van der Waals surface area contributed by atoms with Crippen LogP contribution in [0.2, 0.25) is 0 Å². The molecule has 34 heavy (non-hydrogen) atoms. The lowest BCUT2D eigenvalue weighted by Crippen LogP contribution is -2.35. The fraction of sp³-hybridized carbons (Fsp3) is 0.542. The van der Waals surface area contributed by atoms with Crippen LogP contribution in [-0.4, -0.2) is 47.1 Å². The zero-order valence-corrected chi connectivity index (χ0v) is 19.8. The van der Waals surface area contributed by atoms with Crippen molar-refractivity contribution in [3.05, 3.63) is 35.9 Å². The van der Waals surface area contributed by atoms with Crippen LogP contribution in [0.15, 0.2) is 30.3 Å². The van der Waals surface area contributed by atoms with Crippen molar-refractivity contribution in [3.8, 4) is 0 Å². The van der Waals surface area contributed by atoms with Crippen molar-refractivity contribution in [1.29, 1.82) is 0 Å². The number of imide groups is 1. The highest BCUT2D eigenvalue weighted by Crippen LogP contribution is 2.20. The Morgan fingerprint density at radius 2 is 1.68 bits per heavy atom. The molecule has 0 radical (unpaired) electrons. The van der Waals surface area contributed by atoms with Gasteiger partial charge in [0.05, 0.1) is 12.3 Å². The molecule has 1 aromatic carbocycles. The fourth-order valence-electron chi connectivity index (χ4n) is 3.14. The number of rotatable bonds is 11. The maximum Gasteiger partial charge on any atom is 0.407 e. The second kappa shape index (κ2) is 12.7. The number of unbranched alkanes of at least 4 members (excludes halogenated alkanes) is 1. The minimum atomic E-state index is -0.911. The third kappa shape index (κ3) is 9.60. The lowest BCUT2D eigenvalue weighted by molar-refractivity contribution is -0.201. The SMILES string of the molecule is CC(C)(C)OC(=O)NCCCC[C@H](CC(=O)OCc1ccccc1)C(=O)ON1C(=O)CCC1=O. The number of benzene rings is 1. The number of ether oxygens (including phenoxy) is 2. The molecule has 1 saturated heterocycles. The summed E-state index contributed by atoms with van der Waals surface area (Å²) in [5, 5.41) is 3.09. The van der Waals surface area contributed by atoms with Crippen LogP contribution >= 0.6 is 0 Å². The molecule has 1 heterocycles. The van der Waals surface area contributed by atoms with Crippen LogP contribution in [0, 0.1) is 5.92 Å². The van der Waals surface area contributed by atoms with Crippen molar-refractivity contribution >= 4 is 29.8 Å². The molecule has 1 N–H and O–H groups in total. The highest BCUT2D eigenvalue weighted by molar-refractivity contribution is 6.01. The van der Waals surface area contributed by atoms with Crippen LogP contribution in [-0.2, 0) is 40.1 Å². The number of amides is 3. The molecule has 186 valence electrons. The number of carbonyl (C=O) groups excluding carboxylic acids is 5. The van der Waals surface area contributed by atoms with Gasteiger partial charge in [0.2, 0.25) is 0 Å². The molecule has 0 aliphatic carbocycles. The summed E-state index contributed by atoms with van der Waals surface area (Å²) in [6, 6.07) is 9.09. The molecule has 0 spiro atoms. The Hall–Kier alpha value is -3.43. The number of alkyl carbamates (subject to hydrolysis) is 1. The average Bonchev–Trinajstić information content (AvgIpc) is 3.08. The van der Waals surface area contributed by atoms with E-state index in [0.29, 0.717) is 24.4 Å². The smallest absolute Gasteiger partial charge is 0.407 e. The summed E-state index contributed by atoms with van der Waals surface area (Å²) in [5.74, 6) is -3.54. The van der Waals surface area contributed by atoms with E-state index in [1.807, 2.05) is 18.2 Å². The van der Waals surface area contributed by atoms with Gasteiger partial charge < -0.3 is 19.6 Å². The number of hydroxylamine groups is 2. The lowest BCUT2D eigenvalue weighted by Gasteiger charge is -2.20. The summed E-state index contributed by atoms with van der Waals surface area (Å²) < 4.78 is 10.4. The minimum Gasteiger partial charge on any atom is -0.461 e. The zero-order valence-electron chi connectivity index (χ0n) is 19.8. The Kier molecular flexibility index (Phi) is 10.0. The third-order valence-electron chi connectivity index (χ3n) is 4.82. The van der Waals surface area contributed by atoms with Crippen molar-refractivity contribution in [2.45, 2.75) is 71.5 Å². The van der Waals surface area contributed by atoms with Gasteiger partial charge in [0.25, 0.3) is 11.8 Å². The Morgan fingerprint density at radius 1 is 1.03 bits per heavy atom. The zero-order chi connectivity index (χ0) is 25.1. The van der Waals surface area contributed by atoms with E-state index in [9.17, 15) is 24.0 Å². The van der Waals surface area contributed by atoms with E-state index < -0.39 is 41.4 Å². The first-order chi connectivity index (χ1) is 16.0. The van der Waals surface area contributed by atoms with E-state index in [4.69, 9.17) is 14.3 Å². The van der Waals surface area contributed by atoms with E-state index in [2.05, 4.69) is 5.32 Å². The number of nitrogens with one attached hydrogen (secondary N) is 1. The maximum atomic E-state index is 12.7. The second-order valence-corrected chi connectivity index (χ2v) is 8.96. The number of hydrogen-bond acceptors (Lipinski definition) is 8. The van der Waals surface area contributed by atoms with E-state index in [1.165, 1.54) is 0 Å².